The lowest BCUT2D eigenvalue weighted by Gasteiger charge is -2.29. The summed E-state index contributed by atoms with van der Waals surface area (Å²) in [6.45, 7) is 3.35. The predicted molar refractivity (Wildman–Crippen MR) is 128 cm³/mol. The van der Waals surface area contributed by atoms with Gasteiger partial charge in [-0.1, -0.05) is 23.5 Å². The molecule has 0 spiro atoms. The smallest absolute Gasteiger partial charge is 0.407 e. The molecule has 33 heavy (non-hydrogen) atoms. The summed E-state index contributed by atoms with van der Waals surface area (Å²) in [5, 5.41) is 12.3. The van der Waals surface area contributed by atoms with E-state index < -0.39 is 6.09 Å². The van der Waals surface area contributed by atoms with Gasteiger partial charge in [0, 0.05) is 32.2 Å². The van der Waals surface area contributed by atoms with Crippen molar-refractivity contribution in [2.24, 2.45) is 0 Å². The van der Waals surface area contributed by atoms with Crippen LogP contribution in [0.3, 0.4) is 0 Å². The number of carbonyl (C=O) groups excluding carboxylic acids is 1. The molecule has 3 aromatic rings. The average Bonchev–Trinajstić information content (AvgIpc) is 3.26. The monoisotopic (exact) mass is 470 g/mol. The van der Waals surface area contributed by atoms with Gasteiger partial charge < -0.3 is 24.4 Å². The molecule has 1 aliphatic rings. The number of fused-ring (bicyclic) bond motifs is 1. The van der Waals surface area contributed by atoms with Crippen LogP contribution in [0.2, 0.25) is 0 Å². The number of nitrogens with zero attached hydrogens (tertiary/aromatic N) is 3. The van der Waals surface area contributed by atoms with Gasteiger partial charge in [-0.05, 0) is 36.2 Å². The molecular weight excluding hydrogens is 444 g/mol. The molecule has 2 aromatic carbocycles. The van der Waals surface area contributed by atoms with Crippen molar-refractivity contribution in [1.29, 1.82) is 0 Å². The number of likely N-dealkylation sites (N-methyl/N-ethyl adjacent to an activating group) is 1. The molecule has 2 amide bonds. The van der Waals surface area contributed by atoms with E-state index in [1.165, 1.54) is 23.3 Å². The fraction of sp³-hybridized carbons (Fsp3) is 0.348. The summed E-state index contributed by atoms with van der Waals surface area (Å²) in [5.41, 5.74) is 3.24. The summed E-state index contributed by atoms with van der Waals surface area (Å²) >= 11 is 1.42. The van der Waals surface area contributed by atoms with Crippen LogP contribution in [0.4, 0.5) is 15.6 Å². The van der Waals surface area contributed by atoms with Crippen LogP contribution in [0, 0.1) is 0 Å². The highest BCUT2D eigenvalue weighted by Crippen LogP contribution is 2.39. The fourth-order valence-electron chi connectivity index (χ4n) is 3.63. The molecule has 2 N–H and O–H groups in total. The van der Waals surface area contributed by atoms with Gasteiger partial charge in [-0.25, -0.2) is 9.78 Å². The Morgan fingerprint density at radius 1 is 1.21 bits per heavy atom. The second kappa shape index (κ2) is 10.1. The van der Waals surface area contributed by atoms with Crippen LogP contribution in [0.1, 0.15) is 15.9 Å². The molecule has 4 rings (SSSR count). The molecule has 1 aromatic heterocycles. The number of rotatable bonds is 7. The van der Waals surface area contributed by atoms with Gasteiger partial charge in [0.2, 0.25) is 0 Å². The number of carbonyl (C=O) groups is 2. The first-order valence-electron chi connectivity index (χ1n) is 10.6. The first kappa shape index (κ1) is 22.8. The number of nitrogens with one attached hydrogen (secondary N) is 1. The van der Waals surface area contributed by atoms with E-state index in [1.54, 1.807) is 19.2 Å². The Morgan fingerprint density at radius 3 is 2.61 bits per heavy atom. The second-order valence-electron chi connectivity index (χ2n) is 7.69. The number of methoxy groups -OCH3 is 1. The van der Waals surface area contributed by atoms with Crippen LogP contribution >= 0.6 is 11.3 Å². The summed E-state index contributed by atoms with van der Waals surface area (Å²) in [6.07, 6.45) is -0.387. The lowest BCUT2D eigenvalue weighted by Crippen LogP contribution is -2.36. The van der Waals surface area contributed by atoms with Crippen LogP contribution in [-0.2, 0) is 11.2 Å². The molecule has 10 heteroatoms. The molecule has 2 heterocycles. The van der Waals surface area contributed by atoms with Gasteiger partial charge in [0.25, 0.3) is 5.91 Å². The number of amides is 2. The Hall–Kier alpha value is -3.37. The molecule has 0 atom stereocenters. The van der Waals surface area contributed by atoms with Gasteiger partial charge in [0.1, 0.15) is 11.3 Å². The maximum absolute atomic E-state index is 12.8. The number of anilines is 2. The lowest BCUT2D eigenvalue weighted by molar-refractivity contribution is 0.102. The number of aromatic nitrogens is 1. The van der Waals surface area contributed by atoms with E-state index in [2.05, 4.69) is 15.2 Å². The van der Waals surface area contributed by atoms with Gasteiger partial charge in [0.05, 0.1) is 30.7 Å². The molecule has 0 saturated carbocycles. The zero-order valence-corrected chi connectivity index (χ0v) is 19.4. The molecule has 174 valence electrons. The third kappa shape index (κ3) is 5.18. The molecule has 0 bridgehead atoms. The molecule has 1 fully saturated rings. The van der Waals surface area contributed by atoms with Crippen LogP contribution in [0.25, 0.3) is 10.2 Å². The topological polar surface area (TPSA) is 104 Å². The van der Waals surface area contributed by atoms with E-state index >= 15 is 0 Å². The fourth-order valence-corrected chi connectivity index (χ4v) is 4.64. The van der Waals surface area contributed by atoms with Crippen molar-refractivity contribution >= 4 is 44.4 Å². The van der Waals surface area contributed by atoms with Crippen molar-refractivity contribution in [2.45, 2.75) is 6.42 Å². The third-order valence-electron chi connectivity index (χ3n) is 5.56. The maximum Gasteiger partial charge on any atom is 0.407 e. The first-order valence-corrected chi connectivity index (χ1v) is 11.4. The highest BCUT2D eigenvalue weighted by Gasteiger charge is 2.20. The summed E-state index contributed by atoms with van der Waals surface area (Å²) in [5.74, 6) is 0.407. The number of carboxylic acid groups (broad SMARTS) is 1. The summed E-state index contributed by atoms with van der Waals surface area (Å²) in [6, 6.07) is 11.1. The molecule has 0 radical (unpaired) electrons. The van der Waals surface area contributed by atoms with Crippen molar-refractivity contribution in [3.63, 3.8) is 0 Å². The Labute approximate surface area is 195 Å². The predicted octanol–water partition coefficient (Wildman–Crippen LogP) is 3.55. The minimum absolute atomic E-state index is 0.254. The summed E-state index contributed by atoms with van der Waals surface area (Å²) in [7, 11) is 3.14. The highest BCUT2D eigenvalue weighted by molar-refractivity contribution is 7.23. The molecule has 0 aliphatic carbocycles. The number of ether oxygens (including phenoxy) is 2. The van der Waals surface area contributed by atoms with E-state index in [-0.39, 0.29) is 5.91 Å². The number of thiazole rings is 1. The van der Waals surface area contributed by atoms with Crippen LogP contribution in [-0.4, -0.2) is 74.0 Å². The van der Waals surface area contributed by atoms with E-state index in [1.807, 2.05) is 24.3 Å². The lowest BCUT2D eigenvalue weighted by atomic mass is 10.1. The molecular formula is C23H26N4O5S. The minimum Gasteiger partial charge on any atom is -0.494 e. The summed E-state index contributed by atoms with van der Waals surface area (Å²) in [4.78, 5) is 31.8. The minimum atomic E-state index is -0.963. The Bertz CT molecular complexity index is 1140. The maximum atomic E-state index is 12.8. The quantitative estimate of drug-likeness (QED) is 0.544. The summed E-state index contributed by atoms with van der Waals surface area (Å²) < 4.78 is 11.9. The Morgan fingerprint density at radius 2 is 1.94 bits per heavy atom. The van der Waals surface area contributed by atoms with Crippen molar-refractivity contribution in [2.75, 3.05) is 57.2 Å². The zero-order chi connectivity index (χ0) is 23.4. The van der Waals surface area contributed by atoms with E-state index in [4.69, 9.17) is 14.6 Å². The zero-order valence-electron chi connectivity index (χ0n) is 18.5. The second-order valence-corrected chi connectivity index (χ2v) is 8.69. The van der Waals surface area contributed by atoms with E-state index in [0.29, 0.717) is 42.6 Å². The van der Waals surface area contributed by atoms with E-state index in [9.17, 15) is 9.59 Å². The Kier molecular flexibility index (Phi) is 6.95. The Balaban J connectivity index is 1.50. The van der Waals surface area contributed by atoms with Gasteiger partial charge in [0.15, 0.2) is 5.13 Å². The van der Waals surface area contributed by atoms with Crippen LogP contribution < -0.4 is 15.0 Å². The first-order chi connectivity index (χ1) is 16.0. The van der Waals surface area contributed by atoms with Gasteiger partial charge in [-0.15, -0.1) is 0 Å². The highest BCUT2D eigenvalue weighted by atomic mass is 32.1. The van der Waals surface area contributed by atoms with E-state index in [0.717, 1.165) is 34.6 Å². The largest absolute Gasteiger partial charge is 0.494 e. The van der Waals surface area contributed by atoms with Gasteiger partial charge >= 0.3 is 6.09 Å². The number of hydrogen-bond acceptors (Lipinski definition) is 7. The number of benzene rings is 2. The third-order valence-corrected chi connectivity index (χ3v) is 6.55. The average molecular weight is 471 g/mol. The molecule has 0 unspecified atom stereocenters. The normalized spacial score (nSPS) is 13.7. The van der Waals surface area contributed by atoms with Crippen LogP contribution in [0.5, 0.6) is 5.75 Å². The van der Waals surface area contributed by atoms with Crippen LogP contribution in [0.15, 0.2) is 36.4 Å². The number of hydrogen-bond donors (Lipinski definition) is 2. The van der Waals surface area contributed by atoms with Crippen molar-refractivity contribution in [3.8, 4) is 5.75 Å². The standard InChI is InChI=1S/C23H26N4O5S/c1-26(23(29)30)10-9-15-3-5-16(6-4-15)21(28)25-22-24-19-18(31-2)8-7-17(20(19)33-22)27-11-13-32-14-12-27/h3-8H,9-14H2,1-2H3,(H,29,30)(H,24,25,28). The molecule has 1 saturated heterocycles. The van der Waals surface area contributed by atoms with Gasteiger partial charge in [-0.2, -0.15) is 0 Å². The van der Waals surface area contributed by atoms with Crippen molar-refractivity contribution in [3.05, 3.63) is 47.5 Å². The SMILES string of the molecule is COc1ccc(N2CCOCC2)c2sc(NC(=O)c3ccc(CCN(C)C(=O)O)cc3)nc12. The molecule has 9 nitrogen and oxygen atoms in total. The van der Waals surface area contributed by atoms with Crippen molar-refractivity contribution < 1.29 is 24.2 Å². The number of morpholine rings is 1. The van der Waals surface area contributed by atoms with Crippen molar-refractivity contribution in [1.82, 2.24) is 9.88 Å². The molecule has 1 aliphatic heterocycles. The van der Waals surface area contributed by atoms with Gasteiger partial charge in [-0.3, -0.25) is 10.1 Å².